The second-order valence-electron chi connectivity index (χ2n) is 4.33. The van der Waals surface area contributed by atoms with Crippen LogP contribution in [0.4, 0.5) is 11.6 Å². The van der Waals surface area contributed by atoms with Crippen molar-refractivity contribution in [2.24, 2.45) is 0 Å². The molecule has 2 rings (SSSR count). The highest BCUT2D eigenvalue weighted by Gasteiger charge is 2.35. The molecule has 2 aromatic rings. The van der Waals surface area contributed by atoms with Crippen LogP contribution in [0.5, 0.6) is 0 Å². The zero-order valence-electron chi connectivity index (χ0n) is 10.9. The van der Waals surface area contributed by atoms with Crippen LogP contribution in [0.15, 0.2) is 30.6 Å². The Hall–Kier alpha value is -3.10. The van der Waals surface area contributed by atoms with Crippen molar-refractivity contribution >= 4 is 17.5 Å². The SMILES string of the molecule is Cc1ccc(CC(=O)n2cnc([N+](=O)[O-])c2[N+](=O)[O-])cc1. The first-order chi connectivity index (χ1) is 9.90. The van der Waals surface area contributed by atoms with Gasteiger partial charge in [-0.1, -0.05) is 29.8 Å². The number of nitro groups is 2. The highest BCUT2D eigenvalue weighted by Crippen LogP contribution is 2.24. The van der Waals surface area contributed by atoms with Gasteiger partial charge in [0.05, 0.1) is 6.42 Å². The average molecular weight is 290 g/mol. The standard InChI is InChI=1S/C12H10N4O5/c1-8-2-4-9(5-3-8)6-10(17)14-7-13-11(15(18)19)12(14)16(20)21/h2-5,7H,6H2,1H3. The number of hydrogen-bond acceptors (Lipinski definition) is 6. The highest BCUT2D eigenvalue weighted by atomic mass is 16.6. The number of benzene rings is 1. The molecular formula is C12H10N4O5. The number of carbonyl (C=O) groups is 1. The van der Waals surface area contributed by atoms with Gasteiger partial charge < -0.3 is 20.2 Å². The molecule has 0 saturated carbocycles. The summed E-state index contributed by atoms with van der Waals surface area (Å²) in [7, 11) is 0. The number of aromatic nitrogens is 2. The van der Waals surface area contributed by atoms with E-state index in [1.165, 1.54) is 0 Å². The van der Waals surface area contributed by atoms with Crippen LogP contribution >= 0.6 is 0 Å². The molecule has 0 unspecified atom stereocenters. The third-order valence-electron chi connectivity index (χ3n) is 2.81. The fraction of sp³-hybridized carbons (Fsp3) is 0.167. The van der Waals surface area contributed by atoms with E-state index in [9.17, 15) is 25.0 Å². The van der Waals surface area contributed by atoms with Gasteiger partial charge in [0, 0.05) is 4.98 Å². The molecule has 9 heteroatoms. The molecule has 0 aliphatic heterocycles. The molecule has 0 radical (unpaired) electrons. The van der Waals surface area contributed by atoms with E-state index in [-0.39, 0.29) is 6.42 Å². The molecule has 0 aliphatic rings. The number of hydrogen-bond donors (Lipinski definition) is 0. The molecule has 9 nitrogen and oxygen atoms in total. The van der Waals surface area contributed by atoms with E-state index in [2.05, 4.69) is 4.98 Å². The predicted octanol–water partition coefficient (Wildman–Crippen LogP) is 1.89. The fourth-order valence-electron chi connectivity index (χ4n) is 1.78. The van der Waals surface area contributed by atoms with Crippen LogP contribution in [-0.2, 0) is 6.42 Å². The van der Waals surface area contributed by atoms with E-state index in [0.717, 1.165) is 11.9 Å². The van der Waals surface area contributed by atoms with Crippen LogP contribution in [0, 0.1) is 27.2 Å². The van der Waals surface area contributed by atoms with Crippen molar-refractivity contribution in [1.82, 2.24) is 9.55 Å². The maximum atomic E-state index is 12.1. The van der Waals surface area contributed by atoms with Gasteiger partial charge in [-0.05, 0) is 22.3 Å². The number of imidazole rings is 1. The summed E-state index contributed by atoms with van der Waals surface area (Å²) < 4.78 is 0.595. The lowest BCUT2D eigenvalue weighted by atomic mass is 10.1. The van der Waals surface area contributed by atoms with Crippen LogP contribution in [0.2, 0.25) is 0 Å². The first kappa shape index (κ1) is 14.3. The lowest BCUT2D eigenvalue weighted by molar-refractivity contribution is -0.428. The minimum atomic E-state index is -0.992. The molecule has 108 valence electrons. The Morgan fingerprint density at radius 2 is 1.81 bits per heavy atom. The summed E-state index contributed by atoms with van der Waals surface area (Å²) in [6.07, 6.45) is 0.682. The van der Waals surface area contributed by atoms with E-state index in [1.807, 2.05) is 6.92 Å². The van der Waals surface area contributed by atoms with Gasteiger partial charge in [-0.2, -0.15) is 0 Å². The topological polar surface area (TPSA) is 121 Å². The maximum absolute atomic E-state index is 12.1. The van der Waals surface area contributed by atoms with Gasteiger partial charge in [0.2, 0.25) is 0 Å². The summed E-state index contributed by atoms with van der Waals surface area (Å²) in [6.45, 7) is 1.88. The molecule has 0 saturated heterocycles. The molecule has 0 amide bonds. The normalized spacial score (nSPS) is 10.3. The largest absolute Gasteiger partial charge is 0.463 e. The Labute approximate surface area is 118 Å². The van der Waals surface area contributed by atoms with Crippen molar-refractivity contribution < 1.29 is 14.6 Å². The molecule has 0 N–H and O–H groups in total. The summed E-state index contributed by atoms with van der Waals surface area (Å²) in [5, 5.41) is 21.6. The fourth-order valence-corrected chi connectivity index (χ4v) is 1.78. The molecule has 0 atom stereocenters. The Bertz CT molecular complexity index is 720. The first-order valence-electron chi connectivity index (χ1n) is 5.85. The minimum Gasteiger partial charge on any atom is -0.358 e. The van der Waals surface area contributed by atoms with Gasteiger partial charge in [-0.15, -0.1) is 4.57 Å². The molecule has 21 heavy (non-hydrogen) atoms. The smallest absolute Gasteiger partial charge is 0.358 e. The summed E-state index contributed by atoms with van der Waals surface area (Å²) in [5.41, 5.74) is 1.66. The molecule has 0 spiro atoms. The number of nitrogens with zero attached hydrogens (tertiary/aromatic N) is 4. The van der Waals surface area contributed by atoms with Crippen molar-refractivity contribution in [2.75, 3.05) is 0 Å². The summed E-state index contributed by atoms with van der Waals surface area (Å²) in [5.74, 6) is -2.54. The van der Waals surface area contributed by atoms with Gasteiger partial charge in [-0.3, -0.25) is 0 Å². The van der Waals surface area contributed by atoms with Crippen LogP contribution in [-0.4, -0.2) is 25.3 Å². The lowest BCUT2D eigenvalue weighted by Gasteiger charge is -2.00. The second kappa shape index (κ2) is 5.49. The van der Waals surface area contributed by atoms with E-state index in [0.29, 0.717) is 10.1 Å². The van der Waals surface area contributed by atoms with Gasteiger partial charge >= 0.3 is 23.9 Å². The van der Waals surface area contributed by atoms with Gasteiger partial charge in [0.25, 0.3) is 0 Å². The third kappa shape index (κ3) is 2.91. The number of aryl methyl sites for hydroxylation is 1. The molecule has 1 aromatic carbocycles. The van der Waals surface area contributed by atoms with Crippen LogP contribution in [0.3, 0.4) is 0 Å². The predicted molar refractivity (Wildman–Crippen MR) is 71.0 cm³/mol. The highest BCUT2D eigenvalue weighted by molar-refractivity contribution is 5.84. The molecule has 0 bridgehead atoms. The first-order valence-corrected chi connectivity index (χ1v) is 5.85. The van der Waals surface area contributed by atoms with Gasteiger partial charge in [-0.25, -0.2) is 4.79 Å². The monoisotopic (exact) mass is 290 g/mol. The third-order valence-corrected chi connectivity index (χ3v) is 2.81. The van der Waals surface area contributed by atoms with Gasteiger partial charge in [0.15, 0.2) is 0 Å². The summed E-state index contributed by atoms with van der Waals surface area (Å²) >= 11 is 0. The zero-order chi connectivity index (χ0) is 15.6. The Morgan fingerprint density at radius 3 is 2.33 bits per heavy atom. The Kier molecular flexibility index (Phi) is 3.74. The van der Waals surface area contributed by atoms with Crippen molar-refractivity contribution in [3.63, 3.8) is 0 Å². The number of carbonyl (C=O) groups excluding carboxylic acids is 1. The minimum absolute atomic E-state index is 0.116. The van der Waals surface area contributed by atoms with E-state index in [1.54, 1.807) is 24.3 Å². The molecule has 0 fully saturated rings. The van der Waals surface area contributed by atoms with Crippen molar-refractivity contribution in [3.05, 3.63) is 61.9 Å². The van der Waals surface area contributed by atoms with Crippen LogP contribution in [0.1, 0.15) is 15.9 Å². The molecule has 0 aliphatic carbocycles. The molecular weight excluding hydrogens is 280 g/mol. The Balaban J connectivity index is 2.33. The van der Waals surface area contributed by atoms with Crippen molar-refractivity contribution in [2.45, 2.75) is 13.3 Å². The van der Waals surface area contributed by atoms with Crippen LogP contribution in [0.25, 0.3) is 0 Å². The van der Waals surface area contributed by atoms with Crippen LogP contribution < -0.4 is 0 Å². The zero-order valence-corrected chi connectivity index (χ0v) is 10.9. The summed E-state index contributed by atoms with van der Waals surface area (Å²) in [4.78, 5) is 35.0. The van der Waals surface area contributed by atoms with E-state index < -0.39 is 27.4 Å². The summed E-state index contributed by atoms with van der Waals surface area (Å²) in [6, 6.07) is 7.02. The molecule has 1 aromatic heterocycles. The van der Waals surface area contributed by atoms with E-state index in [4.69, 9.17) is 0 Å². The van der Waals surface area contributed by atoms with E-state index >= 15 is 0 Å². The maximum Gasteiger partial charge on any atom is 0.463 e. The van der Waals surface area contributed by atoms with Crippen molar-refractivity contribution in [1.29, 1.82) is 0 Å². The second-order valence-corrected chi connectivity index (χ2v) is 4.33. The molecule has 1 heterocycles. The quantitative estimate of drug-likeness (QED) is 0.626. The van der Waals surface area contributed by atoms with Crippen molar-refractivity contribution in [3.8, 4) is 0 Å². The average Bonchev–Trinajstić information content (AvgIpc) is 2.86. The Morgan fingerprint density at radius 1 is 1.19 bits per heavy atom. The van der Waals surface area contributed by atoms with Gasteiger partial charge in [0.1, 0.15) is 0 Å². The lowest BCUT2D eigenvalue weighted by Crippen LogP contribution is -2.15. The number of rotatable bonds is 4.